The SMILES string of the molecule is Cc1ccc(C(O)CNC(C)C2(C)CC2)o1. The van der Waals surface area contributed by atoms with Gasteiger partial charge in [-0.15, -0.1) is 0 Å². The van der Waals surface area contributed by atoms with E-state index < -0.39 is 6.10 Å². The summed E-state index contributed by atoms with van der Waals surface area (Å²) in [7, 11) is 0. The monoisotopic (exact) mass is 223 g/mol. The van der Waals surface area contributed by atoms with Crippen molar-refractivity contribution in [1.29, 1.82) is 0 Å². The van der Waals surface area contributed by atoms with Crippen LogP contribution in [-0.2, 0) is 0 Å². The smallest absolute Gasteiger partial charge is 0.133 e. The van der Waals surface area contributed by atoms with Gasteiger partial charge >= 0.3 is 0 Å². The van der Waals surface area contributed by atoms with Crippen LogP contribution in [0.4, 0.5) is 0 Å². The third-order valence-electron chi connectivity index (χ3n) is 3.79. The van der Waals surface area contributed by atoms with E-state index in [1.807, 2.05) is 19.1 Å². The first kappa shape index (κ1) is 11.7. The van der Waals surface area contributed by atoms with E-state index >= 15 is 0 Å². The van der Waals surface area contributed by atoms with E-state index in [1.54, 1.807) is 0 Å². The van der Waals surface area contributed by atoms with Crippen LogP contribution in [0.2, 0.25) is 0 Å². The summed E-state index contributed by atoms with van der Waals surface area (Å²) in [6.45, 7) is 6.92. The summed E-state index contributed by atoms with van der Waals surface area (Å²) in [4.78, 5) is 0. The van der Waals surface area contributed by atoms with Crippen LogP contribution in [0, 0.1) is 12.3 Å². The van der Waals surface area contributed by atoms with E-state index in [0.29, 0.717) is 23.8 Å². The van der Waals surface area contributed by atoms with E-state index in [1.165, 1.54) is 12.8 Å². The summed E-state index contributed by atoms with van der Waals surface area (Å²) < 4.78 is 5.39. The zero-order valence-electron chi connectivity index (χ0n) is 10.3. The van der Waals surface area contributed by atoms with Gasteiger partial charge in [0.2, 0.25) is 0 Å². The standard InChI is InChI=1S/C13H21NO2/c1-9-4-5-12(16-9)11(15)8-14-10(2)13(3)6-7-13/h4-5,10-11,14-15H,6-8H2,1-3H3. The van der Waals surface area contributed by atoms with Crippen molar-refractivity contribution >= 4 is 0 Å². The molecule has 3 heteroatoms. The van der Waals surface area contributed by atoms with Gasteiger partial charge in [0.1, 0.15) is 17.6 Å². The predicted octanol–water partition coefficient (Wildman–Crippen LogP) is 2.40. The third kappa shape index (κ3) is 2.47. The van der Waals surface area contributed by atoms with Gasteiger partial charge in [0.25, 0.3) is 0 Å². The average Bonchev–Trinajstić information content (AvgIpc) is 2.85. The number of hydrogen-bond donors (Lipinski definition) is 2. The van der Waals surface area contributed by atoms with Crippen LogP contribution in [-0.4, -0.2) is 17.7 Å². The summed E-state index contributed by atoms with van der Waals surface area (Å²) in [6.07, 6.45) is 2.03. The second kappa shape index (κ2) is 4.22. The van der Waals surface area contributed by atoms with E-state index in [0.717, 1.165) is 5.76 Å². The molecule has 0 amide bonds. The van der Waals surface area contributed by atoms with E-state index in [4.69, 9.17) is 4.42 Å². The number of furan rings is 1. The quantitative estimate of drug-likeness (QED) is 0.805. The van der Waals surface area contributed by atoms with Crippen LogP contribution < -0.4 is 5.32 Å². The molecule has 1 aliphatic carbocycles. The van der Waals surface area contributed by atoms with Crippen LogP contribution in [0.1, 0.15) is 44.3 Å². The Hall–Kier alpha value is -0.800. The summed E-state index contributed by atoms with van der Waals surface area (Å²) in [5, 5.41) is 13.3. The molecule has 1 saturated carbocycles. The Labute approximate surface area is 96.8 Å². The minimum Gasteiger partial charge on any atom is -0.464 e. The van der Waals surface area contributed by atoms with Crippen LogP contribution >= 0.6 is 0 Å². The largest absolute Gasteiger partial charge is 0.464 e. The number of aliphatic hydroxyl groups is 1. The molecule has 0 radical (unpaired) electrons. The lowest BCUT2D eigenvalue weighted by Gasteiger charge is -2.21. The molecule has 1 aromatic rings. The summed E-state index contributed by atoms with van der Waals surface area (Å²) in [5.74, 6) is 1.49. The minimum atomic E-state index is -0.543. The molecule has 1 heterocycles. The minimum absolute atomic E-state index is 0.443. The number of hydrogen-bond acceptors (Lipinski definition) is 3. The highest BCUT2D eigenvalue weighted by Crippen LogP contribution is 2.47. The second-order valence-corrected chi connectivity index (χ2v) is 5.25. The topological polar surface area (TPSA) is 45.4 Å². The van der Waals surface area contributed by atoms with Crippen molar-refractivity contribution in [3.05, 3.63) is 23.7 Å². The molecule has 90 valence electrons. The molecule has 2 rings (SSSR count). The molecule has 0 aliphatic heterocycles. The molecule has 0 spiro atoms. The highest BCUT2D eigenvalue weighted by molar-refractivity contribution is 5.08. The van der Waals surface area contributed by atoms with Gasteiger partial charge in [-0.25, -0.2) is 0 Å². The van der Waals surface area contributed by atoms with Crippen LogP contribution in [0.15, 0.2) is 16.5 Å². The maximum Gasteiger partial charge on any atom is 0.133 e. The van der Waals surface area contributed by atoms with Crippen molar-refractivity contribution in [2.45, 2.75) is 45.8 Å². The molecule has 1 aromatic heterocycles. The summed E-state index contributed by atoms with van der Waals surface area (Å²) in [5.41, 5.74) is 0.443. The average molecular weight is 223 g/mol. The lowest BCUT2D eigenvalue weighted by Crippen LogP contribution is -2.36. The molecule has 2 unspecified atom stereocenters. The second-order valence-electron chi connectivity index (χ2n) is 5.25. The third-order valence-corrected chi connectivity index (χ3v) is 3.79. The molecule has 0 bridgehead atoms. The lowest BCUT2D eigenvalue weighted by molar-refractivity contribution is 0.138. The summed E-state index contributed by atoms with van der Waals surface area (Å²) in [6, 6.07) is 4.17. The number of rotatable bonds is 5. The first-order valence-electron chi connectivity index (χ1n) is 5.99. The molecule has 2 N–H and O–H groups in total. The Bertz CT molecular complexity index is 355. The van der Waals surface area contributed by atoms with Gasteiger partial charge in [-0.1, -0.05) is 6.92 Å². The molecule has 1 aliphatic rings. The highest BCUT2D eigenvalue weighted by Gasteiger charge is 2.42. The molecule has 16 heavy (non-hydrogen) atoms. The zero-order valence-corrected chi connectivity index (χ0v) is 10.3. The van der Waals surface area contributed by atoms with Gasteiger partial charge in [-0.2, -0.15) is 0 Å². The van der Waals surface area contributed by atoms with E-state index in [9.17, 15) is 5.11 Å². The van der Waals surface area contributed by atoms with Crippen molar-refractivity contribution in [2.24, 2.45) is 5.41 Å². The van der Waals surface area contributed by atoms with Gasteiger partial charge < -0.3 is 14.8 Å². The van der Waals surface area contributed by atoms with Gasteiger partial charge in [0.15, 0.2) is 0 Å². The van der Waals surface area contributed by atoms with Crippen molar-refractivity contribution < 1.29 is 9.52 Å². The van der Waals surface area contributed by atoms with Gasteiger partial charge in [0.05, 0.1) is 0 Å². The predicted molar refractivity (Wildman–Crippen MR) is 63.2 cm³/mol. The highest BCUT2D eigenvalue weighted by atomic mass is 16.4. The van der Waals surface area contributed by atoms with Crippen LogP contribution in [0.25, 0.3) is 0 Å². The molecule has 1 fully saturated rings. The fourth-order valence-electron chi connectivity index (χ4n) is 1.90. The van der Waals surface area contributed by atoms with Gasteiger partial charge in [-0.05, 0) is 44.2 Å². The molecule has 0 saturated heterocycles. The Morgan fingerprint density at radius 1 is 1.50 bits per heavy atom. The Morgan fingerprint density at radius 2 is 2.19 bits per heavy atom. The first-order chi connectivity index (χ1) is 7.51. The molecule has 0 aromatic carbocycles. The number of aliphatic hydroxyl groups excluding tert-OH is 1. The molecule has 2 atom stereocenters. The maximum atomic E-state index is 9.91. The van der Waals surface area contributed by atoms with E-state index in [2.05, 4.69) is 19.2 Å². The van der Waals surface area contributed by atoms with Crippen molar-refractivity contribution in [2.75, 3.05) is 6.54 Å². The van der Waals surface area contributed by atoms with Crippen LogP contribution in [0.5, 0.6) is 0 Å². The Balaban J connectivity index is 1.81. The Morgan fingerprint density at radius 3 is 2.69 bits per heavy atom. The fourth-order valence-corrected chi connectivity index (χ4v) is 1.90. The number of nitrogens with one attached hydrogen (secondary N) is 1. The molecular weight excluding hydrogens is 202 g/mol. The van der Waals surface area contributed by atoms with Gasteiger partial charge in [0, 0.05) is 12.6 Å². The molecule has 3 nitrogen and oxygen atoms in total. The van der Waals surface area contributed by atoms with Crippen molar-refractivity contribution in [3.8, 4) is 0 Å². The van der Waals surface area contributed by atoms with Gasteiger partial charge in [-0.3, -0.25) is 0 Å². The maximum absolute atomic E-state index is 9.91. The first-order valence-corrected chi connectivity index (χ1v) is 5.99. The lowest BCUT2D eigenvalue weighted by atomic mass is 10.0. The number of aryl methyl sites for hydroxylation is 1. The van der Waals surface area contributed by atoms with E-state index in [-0.39, 0.29) is 0 Å². The van der Waals surface area contributed by atoms with Crippen molar-refractivity contribution in [1.82, 2.24) is 5.32 Å². The molecular formula is C13H21NO2. The Kier molecular flexibility index (Phi) is 3.08. The summed E-state index contributed by atoms with van der Waals surface area (Å²) >= 11 is 0. The fraction of sp³-hybridized carbons (Fsp3) is 0.692. The normalized spacial score (nSPS) is 21.8. The van der Waals surface area contributed by atoms with Crippen molar-refractivity contribution in [3.63, 3.8) is 0 Å². The van der Waals surface area contributed by atoms with Crippen LogP contribution in [0.3, 0.4) is 0 Å². The zero-order chi connectivity index (χ0) is 11.8.